The minimum absolute atomic E-state index is 0.0961. The zero-order valence-electron chi connectivity index (χ0n) is 9.42. The minimum atomic E-state index is 0.0961. The van der Waals surface area contributed by atoms with E-state index in [1.54, 1.807) is 0 Å². The van der Waals surface area contributed by atoms with Crippen LogP contribution in [-0.2, 0) is 0 Å². The average molecular weight is 231 g/mol. The molecule has 2 rings (SSSR count). The molecule has 2 aromatic rings. The third-order valence-electron chi connectivity index (χ3n) is 2.10. The summed E-state index contributed by atoms with van der Waals surface area (Å²) in [5, 5.41) is 0. The van der Waals surface area contributed by atoms with E-state index in [1.165, 1.54) is 0 Å². The molecule has 0 bridgehead atoms. The van der Waals surface area contributed by atoms with Gasteiger partial charge in [0, 0.05) is 0 Å². The van der Waals surface area contributed by atoms with Gasteiger partial charge in [0.1, 0.15) is 5.75 Å². The van der Waals surface area contributed by atoms with Crippen LogP contribution in [0.2, 0.25) is 0 Å². The fourth-order valence-electron chi connectivity index (χ4n) is 1.46. The molecular formula is C11H13N5O. The van der Waals surface area contributed by atoms with E-state index in [-0.39, 0.29) is 11.9 Å². The van der Waals surface area contributed by atoms with Gasteiger partial charge in [-0.25, -0.2) is 0 Å². The Hall–Kier alpha value is -2.37. The Labute approximate surface area is 98.7 Å². The Kier molecular flexibility index (Phi) is 3.04. The second-order valence-electron chi connectivity index (χ2n) is 3.30. The predicted octanol–water partition coefficient (Wildman–Crippen LogP) is 1.10. The van der Waals surface area contributed by atoms with Crippen LogP contribution in [0.25, 0.3) is 11.4 Å². The first-order chi connectivity index (χ1) is 8.20. The molecule has 0 amide bonds. The summed E-state index contributed by atoms with van der Waals surface area (Å²) in [7, 11) is 0. The summed E-state index contributed by atoms with van der Waals surface area (Å²) in [6.07, 6.45) is 0. The van der Waals surface area contributed by atoms with E-state index >= 15 is 0 Å². The zero-order chi connectivity index (χ0) is 12.3. The number of nitrogens with two attached hydrogens (primary N) is 2. The van der Waals surface area contributed by atoms with Crippen LogP contribution in [0.4, 0.5) is 11.9 Å². The molecule has 88 valence electrons. The van der Waals surface area contributed by atoms with Crippen LogP contribution in [0.3, 0.4) is 0 Å². The van der Waals surface area contributed by atoms with E-state index in [0.29, 0.717) is 18.2 Å². The topological polar surface area (TPSA) is 99.9 Å². The second kappa shape index (κ2) is 4.65. The number of rotatable bonds is 3. The van der Waals surface area contributed by atoms with Crippen LogP contribution in [0.15, 0.2) is 24.3 Å². The van der Waals surface area contributed by atoms with Gasteiger partial charge in [0.25, 0.3) is 0 Å². The summed E-state index contributed by atoms with van der Waals surface area (Å²) >= 11 is 0. The highest BCUT2D eigenvalue weighted by atomic mass is 16.5. The van der Waals surface area contributed by atoms with Gasteiger partial charge in [-0.1, -0.05) is 12.1 Å². The van der Waals surface area contributed by atoms with Crippen LogP contribution >= 0.6 is 0 Å². The fourth-order valence-corrected chi connectivity index (χ4v) is 1.46. The normalized spacial score (nSPS) is 10.2. The van der Waals surface area contributed by atoms with Crippen molar-refractivity contribution >= 4 is 11.9 Å². The zero-order valence-corrected chi connectivity index (χ0v) is 9.42. The summed E-state index contributed by atoms with van der Waals surface area (Å²) in [4.78, 5) is 11.8. The lowest BCUT2D eigenvalue weighted by molar-refractivity contribution is 0.341. The van der Waals surface area contributed by atoms with Gasteiger partial charge in [-0.3, -0.25) is 0 Å². The molecule has 0 aliphatic carbocycles. The minimum Gasteiger partial charge on any atom is -0.493 e. The molecule has 0 atom stereocenters. The lowest BCUT2D eigenvalue weighted by Gasteiger charge is -2.09. The van der Waals surface area contributed by atoms with Crippen molar-refractivity contribution in [2.24, 2.45) is 0 Å². The first-order valence-corrected chi connectivity index (χ1v) is 5.20. The van der Waals surface area contributed by atoms with Gasteiger partial charge in [0.2, 0.25) is 11.9 Å². The van der Waals surface area contributed by atoms with E-state index in [1.807, 2.05) is 31.2 Å². The van der Waals surface area contributed by atoms with Crippen LogP contribution in [-0.4, -0.2) is 21.6 Å². The number of hydrogen-bond acceptors (Lipinski definition) is 6. The molecule has 6 nitrogen and oxygen atoms in total. The van der Waals surface area contributed by atoms with E-state index < -0.39 is 0 Å². The average Bonchev–Trinajstić information content (AvgIpc) is 2.29. The Morgan fingerprint density at radius 2 is 1.71 bits per heavy atom. The first-order valence-electron chi connectivity index (χ1n) is 5.20. The number of ether oxygens (including phenoxy) is 1. The van der Waals surface area contributed by atoms with Crippen molar-refractivity contribution in [1.82, 2.24) is 15.0 Å². The van der Waals surface area contributed by atoms with Gasteiger partial charge in [0.15, 0.2) is 5.82 Å². The molecule has 1 heterocycles. The fraction of sp³-hybridized carbons (Fsp3) is 0.182. The highest BCUT2D eigenvalue weighted by molar-refractivity contribution is 5.65. The van der Waals surface area contributed by atoms with Crippen molar-refractivity contribution in [3.8, 4) is 17.1 Å². The molecule has 0 spiro atoms. The van der Waals surface area contributed by atoms with Crippen molar-refractivity contribution < 1.29 is 4.74 Å². The number of anilines is 2. The van der Waals surface area contributed by atoms with Gasteiger partial charge < -0.3 is 16.2 Å². The Balaban J connectivity index is 2.51. The molecular weight excluding hydrogens is 218 g/mol. The molecule has 0 unspecified atom stereocenters. The predicted molar refractivity (Wildman–Crippen MR) is 65.3 cm³/mol. The summed E-state index contributed by atoms with van der Waals surface area (Å²) in [5.41, 5.74) is 11.8. The summed E-state index contributed by atoms with van der Waals surface area (Å²) in [5.74, 6) is 1.30. The maximum Gasteiger partial charge on any atom is 0.225 e. The molecule has 0 saturated heterocycles. The Morgan fingerprint density at radius 3 is 2.35 bits per heavy atom. The number of nitrogen functional groups attached to an aromatic ring is 2. The number of hydrogen-bond donors (Lipinski definition) is 2. The van der Waals surface area contributed by atoms with E-state index in [0.717, 1.165) is 5.56 Å². The van der Waals surface area contributed by atoms with Crippen LogP contribution in [0.5, 0.6) is 5.75 Å². The van der Waals surface area contributed by atoms with Gasteiger partial charge in [-0.05, 0) is 19.1 Å². The Morgan fingerprint density at radius 1 is 1.06 bits per heavy atom. The summed E-state index contributed by atoms with van der Waals surface area (Å²) in [6, 6.07) is 7.44. The molecule has 0 aliphatic heterocycles. The third-order valence-corrected chi connectivity index (χ3v) is 2.10. The molecule has 0 fully saturated rings. The van der Waals surface area contributed by atoms with Crippen LogP contribution in [0.1, 0.15) is 6.92 Å². The SMILES string of the molecule is CCOc1ccccc1-c1nc(N)nc(N)n1. The molecule has 1 aromatic carbocycles. The molecule has 0 saturated carbocycles. The standard InChI is InChI=1S/C11H13N5O/c1-2-17-8-6-4-3-5-7(8)9-14-10(12)16-11(13)15-9/h3-6H,2H2,1H3,(H4,12,13,14,15,16). The number of benzene rings is 1. The van der Waals surface area contributed by atoms with Crippen molar-refractivity contribution in [2.75, 3.05) is 18.1 Å². The van der Waals surface area contributed by atoms with Crippen molar-refractivity contribution in [3.05, 3.63) is 24.3 Å². The van der Waals surface area contributed by atoms with Crippen molar-refractivity contribution in [3.63, 3.8) is 0 Å². The summed E-state index contributed by atoms with van der Waals surface area (Å²) < 4.78 is 5.49. The van der Waals surface area contributed by atoms with E-state index in [2.05, 4.69) is 15.0 Å². The second-order valence-corrected chi connectivity index (χ2v) is 3.30. The first kappa shape index (κ1) is 11.1. The van der Waals surface area contributed by atoms with Gasteiger partial charge in [0.05, 0.1) is 12.2 Å². The Bertz CT molecular complexity index is 509. The molecule has 17 heavy (non-hydrogen) atoms. The highest BCUT2D eigenvalue weighted by Gasteiger charge is 2.10. The number of nitrogens with zero attached hydrogens (tertiary/aromatic N) is 3. The molecule has 4 N–H and O–H groups in total. The van der Waals surface area contributed by atoms with Crippen LogP contribution < -0.4 is 16.2 Å². The van der Waals surface area contributed by atoms with Gasteiger partial charge >= 0.3 is 0 Å². The molecule has 0 aliphatic rings. The van der Waals surface area contributed by atoms with Gasteiger partial charge in [-0.2, -0.15) is 15.0 Å². The number of para-hydroxylation sites is 1. The monoisotopic (exact) mass is 231 g/mol. The quantitative estimate of drug-likeness (QED) is 0.820. The number of aromatic nitrogens is 3. The molecule has 0 radical (unpaired) electrons. The smallest absolute Gasteiger partial charge is 0.225 e. The van der Waals surface area contributed by atoms with E-state index in [4.69, 9.17) is 16.2 Å². The highest BCUT2D eigenvalue weighted by Crippen LogP contribution is 2.27. The maximum atomic E-state index is 5.54. The maximum absolute atomic E-state index is 5.54. The lowest BCUT2D eigenvalue weighted by atomic mass is 10.2. The van der Waals surface area contributed by atoms with Crippen LogP contribution in [0, 0.1) is 0 Å². The molecule has 6 heteroatoms. The summed E-state index contributed by atoms with van der Waals surface area (Å²) in [6.45, 7) is 2.47. The van der Waals surface area contributed by atoms with Crippen molar-refractivity contribution in [2.45, 2.75) is 6.92 Å². The van der Waals surface area contributed by atoms with E-state index in [9.17, 15) is 0 Å². The molecule has 1 aromatic heterocycles. The van der Waals surface area contributed by atoms with Crippen molar-refractivity contribution in [1.29, 1.82) is 0 Å². The largest absolute Gasteiger partial charge is 0.493 e. The third kappa shape index (κ3) is 2.41. The van der Waals surface area contributed by atoms with Gasteiger partial charge in [-0.15, -0.1) is 0 Å². The lowest BCUT2D eigenvalue weighted by Crippen LogP contribution is -2.05.